The highest BCUT2D eigenvalue weighted by Crippen LogP contribution is 2.29. The van der Waals surface area contributed by atoms with Crippen LogP contribution in [0.3, 0.4) is 0 Å². The van der Waals surface area contributed by atoms with Gasteiger partial charge in [-0.25, -0.2) is 27.0 Å². The van der Waals surface area contributed by atoms with E-state index in [1.54, 1.807) is 42.6 Å². The van der Waals surface area contributed by atoms with E-state index in [1.807, 2.05) is 25.1 Å². The van der Waals surface area contributed by atoms with Gasteiger partial charge in [0.25, 0.3) is 10.0 Å². The lowest BCUT2D eigenvalue weighted by Gasteiger charge is -2.28. The third-order valence-corrected chi connectivity index (χ3v) is 8.56. The number of benzene rings is 2. The van der Waals surface area contributed by atoms with Gasteiger partial charge in [0.05, 0.1) is 17.0 Å². The van der Waals surface area contributed by atoms with Crippen LogP contribution in [0.15, 0.2) is 64.6 Å². The van der Waals surface area contributed by atoms with Crippen LogP contribution >= 0.6 is 0 Å². The molecule has 1 saturated carbocycles. The summed E-state index contributed by atoms with van der Waals surface area (Å²) in [5, 5.41) is 6.68. The van der Waals surface area contributed by atoms with Crippen LogP contribution in [0.5, 0.6) is 0 Å². The summed E-state index contributed by atoms with van der Waals surface area (Å²) in [7, 11) is -3.71. The number of nitrogens with one attached hydrogen (secondary N) is 2. The number of carbonyl (C=O) groups is 1. The first-order chi connectivity index (χ1) is 17.4. The third-order valence-electron chi connectivity index (χ3n) is 6.86. The predicted molar refractivity (Wildman–Crippen MR) is 139 cm³/mol. The summed E-state index contributed by atoms with van der Waals surface area (Å²) < 4.78 is 27.7. The molecule has 2 atom stereocenters. The van der Waals surface area contributed by atoms with Gasteiger partial charge in [0, 0.05) is 24.7 Å². The van der Waals surface area contributed by atoms with Gasteiger partial charge in [-0.3, -0.25) is 0 Å². The highest BCUT2D eigenvalue weighted by molar-refractivity contribution is 7.90. The maximum Gasteiger partial charge on any atom is 0.314 e. The number of urea groups is 1. The molecule has 1 fully saturated rings. The maximum atomic E-state index is 13.2. The molecule has 1 aliphatic carbocycles. The standard InChI is InChI=1S/C27H32N4O4S/c1-20-5-9-25(10-6-20)36(34,35)31-14-12-24-8-7-21(16-26(24)31)11-13-29-27(33)30-18-23-4-2-3-22(15-23)17-28-19-32/h5-10,12,14,16,22-23H,2-4,11,13,15,17-18H2,1H3,(H2,29,30,33). The van der Waals surface area contributed by atoms with Gasteiger partial charge in [-0.15, -0.1) is 0 Å². The molecule has 36 heavy (non-hydrogen) atoms. The van der Waals surface area contributed by atoms with Crippen molar-refractivity contribution in [1.29, 1.82) is 0 Å². The lowest BCUT2D eigenvalue weighted by molar-refractivity contribution is 0.230. The molecule has 2 amide bonds. The molecule has 190 valence electrons. The smallest absolute Gasteiger partial charge is 0.314 e. The second kappa shape index (κ2) is 11.5. The molecule has 0 radical (unpaired) electrons. The normalized spacial score (nSPS) is 17.9. The molecule has 3 aromatic rings. The number of aryl methyl sites for hydroxylation is 1. The fraction of sp³-hybridized carbons (Fsp3) is 0.407. The molecule has 0 aliphatic heterocycles. The van der Waals surface area contributed by atoms with Crippen molar-refractivity contribution in [1.82, 2.24) is 14.6 Å². The molecule has 8 nitrogen and oxygen atoms in total. The third kappa shape index (κ3) is 6.22. The molecule has 2 unspecified atom stereocenters. The quantitative estimate of drug-likeness (QED) is 0.334. The molecule has 1 aromatic heterocycles. The van der Waals surface area contributed by atoms with Crippen molar-refractivity contribution in [2.75, 3.05) is 19.6 Å². The van der Waals surface area contributed by atoms with Crippen LogP contribution in [0.1, 0.15) is 36.8 Å². The number of carbonyl (C=O) groups excluding carboxylic acids is 2. The zero-order valence-electron chi connectivity index (χ0n) is 20.4. The van der Waals surface area contributed by atoms with Gasteiger partial charge in [-0.2, -0.15) is 0 Å². The zero-order chi connectivity index (χ0) is 25.5. The summed E-state index contributed by atoms with van der Waals surface area (Å²) in [6, 6.07) is 14.1. The number of nitrogens with zero attached hydrogens (tertiary/aromatic N) is 2. The van der Waals surface area contributed by atoms with E-state index in [0.29, 0.717) is 43.4 Å². The number of aliphatic imine (C=N–C) groups is 1. The lowest BCUT2D eigenvalue weighted by Crippen LogP contribution is -2.40. The van der Waals surface area contributed by atoms with Crippen molar-refractivity contribution in [3.63, 3.8) is 0 Å². The van der Waals surface area contributed by atoms with Crippen LogP contribution in [-0.4, -0.2) is 44.1 Å². The molecule has 0 bridgehead atoms. The van der Waals surface area contributed by atoms with Crippen LogP contribution in [0.25, 0.3) is 10.9 Å². The minimum absolute atomic E-state index is 0.213. The van der Waals surface area contributed by atoms with E-state index >= 15 is 0 Å². The van der Waals surface area contributed by atoms with E-state index in [0.717, 1.165) is 42.2 Å². The van der Waals surface area contributed by atoms with E-state index in [-0.39, 0.29) is 10.9 Å². The number of isocyanates is 1. The number of aromatic nitrogens is 1. The molecule has 9 heteroatoms. The molecule has 2 N–H and O–H groups in total. The Balaban J connectivity index is 1.32. The highest BCUT2D eigenvalue weighted by Gasteiger charge is 2.22. The Bertz CT molecular complexity index is 1360. The Morgan fingerprint density at radius 1 is 1.08 bits per heavy atom. The highest BCUT2D eigenvalue weighted by atomic mass is 32.2. The van der Waals surface area contributed by atoms with Crippen molar-refractivity contribution in [2.45, 2.75) is 43.9 Å². The van der Waals surface area contributed by atoms with Gasteiger partial charge in [0.1, 0.15) is 0 Å². The maximum absolute atomic E-state index is 13.2. The summed E-state index contributed by atoms with van der Waals surface area (Å²) in [6.07, 6.45) is 7.93. The van der Waals surface area contributed by atoms with Crippen LogP contribution in [-0.2, 0) is 21.2 Å². The van der Waals surface area contributed by atoms with Crippen molar-refractivity contribution in [3.05, 3.63) is 65.9 Å². The summed E-state index contributed by atoms with van der Waals surface area (Å²) >= 11 is 0. The summed E-state index contributed by atoms with van der Waals surface area (Å²) in [5.41, 5.74) is 2.55. The largest absolute Gasteiger partial charge is 0.338 e. The molecular weight excluding hydrogens is 476 g/mol. The van der Waals surface area contributed by atoms with E-state index in [1.165, 1.54) is 3.97 Å². The van der Waals surface area contributed by atoms with Crippen LogP contribution in [0.2, 0.25) is 0 Å². The van der Waals surface area contributed by atoms with Gasteiger partial charge in [-0.05, 0) is 74.3 Å². The minimum atomic E-state index is -3.71. The van der Waals surface area contributed by atoms with Crippen molar-refractivity contribution in [2.24, 2.45) is 16.8 Å². The van der Waals surface area contributed by atoms with Gasteiger partial charge < -0.3 is 10.6 Å². The molecule has 1 aliphatic rings. The van der Waals surface area contributed by atoms with Gasteiger partial charge >= 0.3 is 6.03 Å². The monoisotopic (exact) mass is 508 g/mol. The number of hydrogen-bond donors (Lipinski definition) is 2. The SMILES string of the molecule is Cc1ccc(S(=O)(=O)n2ccc3ccc(CCNC(=O)NCC4CCCC(CN=C=O)C4)cc32)cc1. The second-order valence-electron chi connectivity index (χ2n) is 9.54. The molecule has 2 aromatic carbocycles. The number of fused-ring (bicyclic) bond motifs is 1. The van der Waals surface area contributed by atoms with Crippen LogP contribution in [0.4, 0.5) is 4.79 Å². The predicted octanol–water partition coefficient (Wildman–Crippen LogP) is 4.17. The Hall–Kier alpha value is -3.42. The molecule has 1 heterocycles. The minimum Gasteiger partial charge on any atom is -0.338 e. The van der Waals surface area contributed by atoms with Gasteiger partial charge in [-0.1, -0.05) is 36.2 Å². The fourth-order valence-electron chi connectivity index (χ4n) is 4.88. The topological polar surface area (TPSA) is 110 Å². The number of rotatable bonds is 9. The average molecular weight is 509 g/mol. The Labute approximate surface area is 211 Å². The lowest BCUT2D eigenvalue weighted by atomic mass is 9.81. The average Bonchev–Trinajstić information content (AvgIpc) is 3.31. The second-order valence-corrected chi connectivity index (χ2v) is 11.4. The Kier molecular flexibility index (Phi) is 8.23. The zero-order valence-corrected chi connectivity index (χ0v) is 21.3. The first-order valence-corrected chi connectivity index (χ1v) is 13.8. The van der Waals surface area contributed by atoms with E-state index in [9.17, 15) is 18.0 Å². The molecular formula is C27H32N4O4S. The molecule has 0 saturated heterocycles. The van der Waals surface area contributed by atoms with Crippen LogP contribution in [0, 0.1) is 18.8 Å². The summed E-state index contributed by atoms with van der Waals surface area (Å²) in [6.45, 7) is 3.47. The van der Waals surface area contributed by atoms with Gasteiger partial charge in [0.15, 0.2) is 0 Å². The van der Waals surface area contributed by atoms with E-state index < -0.39 is 10.0 Å². The Morgan fingerprint density at radius 2 is 1.86 bits per heavy atom. The van der Waals surface area contributed by atoms with Crippen molar-refractivity contribution in [3.8, 4) is 0 Å². The van der Waals surface area contributed by atoms with Gasteiger partial charge in [0.2, 0.25) is 6.08 Å². The summed E-state index contributed by atoms with van der Waals surface area (Å²) in [5.74, 6) is 0.778. The fourth-order valence-corrected chi connectivity index (χ4v) is 6.22. The van der Waals surface area contributed by atoms with Crippen molar-refractivity contribution >= 4 is 33.0 Å². The number of hydrogen-bond acceptors (Lipinski definition) is 5. The van der Waals surface area contributed by atoms with Crippen molar-refractivity contribution < 1.29 is 18.0 Å². The first-order valence-electron chi connectivity index (χ1n) is 12.3. The Morgan fingerprint density at radius 3 is 2.64 bits per heavy atom. The number of amides is 2. The summed E-state index contributed by atoms with van der Waals surface area (Å²) in [4.78, 5) is 26.6. The van der Waals surface area contributed by atoms with Crippen LogP contribution < -0.4 is 10.6 Å². The first kappa shape index (κ1) is 25.7. The molecule has 4 rings (SSSR count). The molecule has 0 spiro atoms. The van der Waals surface area contributed by atoms with E-state index in [4.69, 9.17) is 0 Å². The van der Waals surface area contributed by atoms with E-state index in [2.05, 4.69) is 15.6 Å².